The van der Waals surface area contributed by atoms with Crippen molar-refractivity contribution in [3.05, 3.63) is 24.3 Å². The maximum absolute atomic E-state index is 10.8. The Bertz CT molecular complexity index is 217. The van der Waals surface area contributed by atoms with E-state index < -0.39 is 0 Å². The van der Waals surface area contributed by atoms with Crippen LogP contribution in [0.4, 0.5) is 0 Å². The maximum Gasteiger partial charge on any atom is 0.352 e. The van der Waals surface area contributed by atoms with E-state index in [2.05, 4.69) is 9.78 Å². The van der Waals surface area contributed by atoms with Crippen molar-refractivity contribution in [2.45, 2.75) is 6.10 Å². The molecule has 0 N–H and O–H groups in total. The molecule has 0 spiro atoms. The summed E-state index contributed by atoms with van der Waals surface area (Å²) in [5.74, 6) is -0.518. The van der Waals surface area contributed by atoms with E-state index in [1.807, 2.05) is 12.2 Å². The van der Waals surface area contributed by atoms with Crippen molar-refractivity contribution >= 4 is 5.97 Å². The first-order valence-electron chi connectivity index (χ1n) is 3.10. The lowest BCUT2D eigenvalue weighted by Gasteiger charge is -2.05. The molecule has 1 aliphatic carbocycles. The van der Waals surface area contributed by atoms with E-state index in [1.165, 1.54) is 0 Å². The molecule has 1 heterocycles. The third-order valence-electron chi connectivity index (χ3n) is 1.60. The number of hydrogen-bond donors (Lipinski definition) is 0. The van der Waals surface area contributed by atoms with Crippen LogP contribution in [0.25, 0.3) is 0 Å². The molecule has 0 aromatic rings. The van der Waals surface area contributed by atoms with Gasteiger partial charge >= 0.3 is 5.97 Å². The smallest absolute Gasteiger partial charge is 0.297 e. The first-order valence-corrected chi connectivity index (χ1v) is 3.10. The zero-order valence-electron chi connectivity index (χ0n) is 5.19. The highest BCUT2D eigenvalue weighted by atomic mass is 17.2. The molecule has 2 aliphatic rings. The molecule has 0 aromatic carbocycles. The molecule has 52 valence electrons. The van der Waals surface area contributed by atoms with Crippen LogP contribution in [0, 0.1) is 5.92 Å². The highest BCUT2D eigenvalue weighted by Gasteiger charge is 2.36. The van der Waals surface area contributed by atoms with Crippen molar-refractivity contribution in [2.24, 2.45) is 5.92 Å². The van der Waals surface area contributed by atoms with Crippen LogP contribution >= 0.6 is 0 Å². The highest BCUT2D eigenvalue weighted by Crippen LogP contribution is 2.23. The van der Waals surface area contributed by atoms with Crippen molar-refractivity contribution in [2.75, 3.05) is 0 Å². The average Bonchev–Trinajstić information content (AvgIpc) is 2.34. The fourth-order valence-corrected chi connectivity index (χ4v) is 1.05. The van der Waals surface area contributed by atoms with Gasteiger partial charge in [0.2, 0.25) is 0 Å². The van der Waals surface area contributed by atoms with Crippen molar-refractivity contribution in [3.8, 4) is 0 Å². The fraction of sp³-hybridized carbons (Fsp3) is 0.286. The van der Waals surface area contributed by atoms with Crippen molar-refractivity contribution in [3.63, 3.8) is 0 Å². The van der Waals surface area contributed by atoms with Gasteiger partial charge < -0.3 is 0 Å². The molecule has 3 nitrogen and oxygen atoms in total. The molecule has 0 saturated carbocycles. The van der Waals surface area contributed by atoms with Crippen molar-refractivity contribution in [1.82, 2.24) is 0 Å². The molecule has 2 unspecified atom stereocenters. The molecule has 1 fully saturated rings. The van der Waals surface area contributed by atoms with Crippen LogP contribution in [0.1, 0.15) is 0 Å². The standard InChI is InChI=1S/C7H6O3/c8-7-5-3-1-2-4-6(5)9-10-7/h1-6H. The predicted molar refractivity (Wildman–Crippen MR) is 32.7 cm³/mol. The maximum atomic E-state index is 10.8. The minimum atomic E-state index is -0.300. The van der Waals surface area contributed by atoms with Crippen LogP contribution in [0.5, 0.6) is 0 Å². The Morgan fingerprint density at radius 2 is 2.10 bits per heavy atom. The van der Waals surface area contributed by atoms with E-state index in [-0.39, 0.29) is 18.0 Å². The molecular formula is C7H6O3. The normalized spacial score (nSPS) is 35.8. The molecule has 0 bridgehead atoms. The summed E-state index contributed by atoms with van der Waals surface area (Å²) in [5.41, 5.74) is 0. The van der Waals surface area contributed by atoms with E-state index >= 15 is 0 Å². The van der Waals surface area contributed by atoms with E-state index in [0.29, 0.717) is 0 Å². The number of carbonyl (C=O) groups excluding carboxylic acids is 1. The quantitative estimate of drug-likeness (QED) is 0.459. The number of rotatable bonds is 0. The average molecular weight is 138 g/mol. The Balaban J connectivity index is 2.27. The van der Waals surface area contributed by atoms with Gasteiger partial charge in [-0.2, -0.15) is 4.89 Å². The summed E-state index contributed by atoms with van der Waals surface area (Å²) in [6.07, 6.45) is 7.04. The van der Waals surface area contributed by atoms with Gasteiger partial charge in [-0.15, -0.1) is 0 Å². The second-order valence-electron chi connectivity index (χ2n) is 2.26. The predicted octanol–water partition coefficient (Wildman–Crippen LogP) is 0.586. The molecule has 0 amide bonds. The van der Waals surface area contributed by atoms with E-state index in [0.717, 1.165) is 0 Å². The summed E-state index contributed by atoms with van der Waals surface area (Å²) in [4.78, 5) is 19.8. The lowest BCUT2D eigenvalue weighted by atomic mass is 9.99. The van der Waals surface area contributed by atoms with Gasteiger partial charge in [0.15, 0.2) is 0 Å². The van der Waals surface area contributed by atoms with Crippen LogP contribution in [-0.2, 0) is 14.6 Å². The second kappa shape index (κ2) is 1.95. The molecule has 1 saturated heterocycles. The van der Waals surface area contributed by atoms with Crippen LogP contribution < -0.4 is 0 Å². The minimum absolute atomic E-state index is 0.197. The molecule has 1 aliphatic heterocycles. The molecule has 3 heteroatoms. The third-order valence-corrected chi connectivity index (χ3v) is 1.60. The Morgan fingerprint density at radius 1 is 1.30 bits per heavy atom. The highest BCUT2D eigenvalue weighted by molar-refractivity contribution is 5.76. The number of carbonyl (C=O) groups is 1. The SMILES string of the molecule is O=C1OOC2C=CC=CC12. The molecule has 2 atom stereocenters. The molecule has 0 aromatic heterocycles. The molecule has 2 rings (SSSR count). The van der Waals surface area contributed by atoms with Gasteiger partial charge in [0, 0.05) is 0 Å². The summed E-state index contributed by atoms with van der Waals surface area (Å²) < 4.78 is 0. The Morgan fingerprint density at radius 3 is 2.90 bits per heavy atom. The summed E-state index contributed by atoms with van der Waals surface area (Å²) >= 11 is 0. The van der Waals surface area contributed by atoms with Gasteiger partial charge in [0.05, 0.1) is 0 Å². The summed E-state index contributed by atoms with van der Waals surface area (Å²) in [6, 6.07) is 0. The monoisotopic (exact) mass is 138 g/mol. The third kappa shape index (κ3) is 0.675. The molecule has 0 radical (unpaired) electrons. The lowest BCUT2D eigenvalue weighted by molar-refractivity contribution is -0.253. The number of hydrogen-bond acceptors (Lipinski definition) is 3. The topological polar surface area (TPSA) is 35.5 Å². The van der Waals surface area contributed by atoms with E-state index in [1.54, 1.807) is 12.2 Å². The van der Waals surface area contributed by atoms with Crippen LogP contribution in [0.15, 0.2) is 24.3 Å². The largest absolute Gasteiger partial charge is 0.352 e. The zero-order valence-corrected chi connectivity index (χ0v) is 5.19. The van der Waals surface area contributed by atoms with Gasteiger partial charge in [-0.3, -0.25) is 4.89 Å². The second-order valence-corrected chi connectivity index (χ2v) is 2.26. The summed E-state index contributed by atoms with van der Waals surface area (Å²) in [6.45, 7) is 0. The Labute approximate surface area is 57.9 Å². The lowest BCUT2D eigenvalue weighted by Crippen LogP contribution is -2.17. The first-order chi connectivity index (χ1) is 4.88. The van der Waals surface area contributed by atoms with E-state index in [9.17, 15) is 4.79 Å². The Hall–Kier alpha value is -1.09. The van der Waals surface area contributed by atoms with Gasteiger partial charge in [0.1, 0.15) is 12.0 Å². The van der Waals surface area contributed by atoms with Crippen molar-refractivity contribution in [1.29, 1.82) is 0 Å². The van der Waals surface area contributed by atoms with Gasteiger partial charge in [-0.05, 0) is 0 Å². The van der Waals surface area contributed by atoms with E-state index in [4.69, 9.17) is 0 Å². The van der Waals surface area contributed by atoms with Gasteiger partial charge in [0.25, 0.3) is 0 Å². The zero-order chi connectivity index (χ0) is 6.97. The molecular weight excluding hydrogens is 132 g/mol. The summed E-state index contributed by atoms with van der Waals surface area (Å²) in [5, 5.41) is 0. The number of allylic oxidation sites excluding steroid dienone is 2. The van der Waals surface area contributed by atoms with Crippen LogP contribution in [-0.4, -0.2) is 12.1 Å². The minimum Gasteiger partial charge on any atom is -0.297 e. The summed E-state index contributed by atoms with van der Waals surface area (Å²) in [7, 11) is 0. The van der Waals surface area contributed by atoms with Crippen LogP contribution in [0.3, 0.4) is 0 Å². The van der Waals surface area contributed by atoms with Gasteiger partial charge in [-0.25, -0.2) is 4.79 Å². The first kappa shape index (κ1) is 5.68. The Kier molecular flexibility index (Phi) is 1.11. The fourth-order valence-electron chi connectivity index (χ4n) is 1.05. The number of fused-ring (bicyclic) bond motifs is 1. The van der Waals surface area contributed by atoms with Crippen LogP contribution in [0.2, 0.25) is 0 Å². The van der Waals surface area contributed by atoms with Gasteiger partial charge in [-0.1, -0.05) is 24.3 Å². The van der Waals surface area contributed by atoms with Crippen molar-refractivity contribution < 1.29 is 14.6 Å². The molecule has 10 heavy (non-hydrogen) atoms.